The van der Waals surface area contributed by atoms with Crippen LogP contribution >= 0.6 is 15.9 Å². The van der Waals surface area contributed by atoms with E-state index in [1.54, 1.807) is 4.90 Å². The lowest BCUT2D eigenvalue weighted by atomic mass is 9.93. The van der Waals surface area contributed by atoms with E-state index in [0.29, 0.717) is 18.7 Å². The highest BCUT2D eigenvalue weighted by atomic mass is 79.9. The van der Waals surface area contributed by atoms with Gasteiger partial charge in [-0.2, -0.15) is 0 Å². The van der Waals surface area contributed by atoms with Gasteiger partial charge in [-0.15, -0.1) is 0 Å². The Morgan fingerprint density at radius 1 is 1.10 bits per heavy atom. The molecule has 6 heteroatoms. The minimum absolute atomic E-state index is 0.116. The van der Waals surface area contributed by atoms with Gasteiger partial charge < -0.3 is 14.9 Å². The van der Waals surface area contributed by atoms with Gasteiger partial charge in [0.15, 0.2) is 0 Å². The predicted molar refractivity (Wildman–Crippen MR) is 127 cm³/mol. The maximum atomic E-state index is 13.1. The van der Waals surface area contributed by atoms with Crippen molar-refractivity contribution < 1.29 is 14.7 Å². The number of ketones is 1. The molecule has 2 aromatic rings. The monoisotopic (exact) mass is 484 g/mol. The van der Waals surface area contributed by atoms with Gasteiger partial charge in [-0.05, 0) is 56.3 Å². The summed E-state index contributed by atoms with van der Waals surface area (Å²) in [5, 5.41) is 11.3. The lowest BCUT2D eigenvalue weighted by Gasteiger charge is -2.28. The van der Waals surface area contributed by atoms with E-state index in [1.807, 2.05) is 56.3 Å². The fourth-order valence-electron chi connectivity index (χ4n) is 4.06. The summed E-state index contributed by atoms with van der Waals surface area (Å²) < 4.78 is 0.853. The number of aliphatic hydroxyl groups is 1. The molecule has 0 saturated carbocycles. The third-order valence-corrected chi connectivity index (χ3v) is 6.40. The van der Waals surface area contributed by atoms with Gasteiger partial charge in [0, 0.05) is 23.1 Å². The van der Waals surface area contributed by atoms with Crippen LogP contribution in [0.1, 0.15) is 42.1 Å². The van der Waals surface area contributed by atoms with Crippen molar-refractivity contribution in [3.63, 3.8) is 0 Å². The number of carbonyl (C=O) groups is 2. The van der Waals surface area contributed by atoms with Gasteiger partial charge in [0.1, 0.15) is 5.76 Å². The maximum Gasteiger partial charge on any atom is 0.295 e. The summed E-state index contributed by atoms with van der Waals surface area (Å²) >= 11 is 3.49. The summed E-state index contributed by atoms with van der Waals surface area (Å²) in [7, 11) is 0. The number of likely N-dealkylation sites (N-methyl/N-ethyl adjacent to an activating group) is 1. The molecule has 1 saturated heterocycles. The Morgan fingerprint density at radius 2 is 1.81 bits per heavy atom. The topological polar surface area (TPSA) is 60.9 Å². The van der Waals surface area contributed by atoms with Crippen molar-refractivity contribution in [2.75, 3.05) is 26.2 Å². The highest BCUT2D eigenvalue weighted by Gasteiger charge is 2.46. The van der Waals surface area contributed by atoms with E-state index in [1.165, 1.54) is 0 Å². The molecule has 0 aromatic heterocycles. The second-order valence-electron chi connectivity index (χ2n) is 7.89. The minimum atomic E-state index is -0.636. The van der Waals surface area contributed by atoms with Crippen LogP contribution in [0, 0.1) is 13.8 Å². The molecule has 0 aliphatic carbocycles. The van der Waals surface area contributed by atoms with E-state index in [0.717, 1.165) is 34.3 Å². The largest absolute Gasteiger partial charge is 0.507 e. The van der Waals surface area contributed by atoms with Crippen LogP contribution < -0.4 is 0 Å². The van der Waals surface area contributed by atoms with Gasteiger partial charge in [0.25, 0.3) is 11.7 Å². The first-order valence-electron chi connectivity index (χ1n) is 10.6. The molecule has 0 spiro atoms. The Bertz CT molecular complexity index is 1030. The molecule has 5 nitrogen and oxygen atoms in total. The highest BCUT2D eigenvalue weighted by molar-refractivity contribution is 9.10. The molecule has 1 aliphatic rings. The highest BCUT2D eigenvalue weighted by Crippen LogP contribution is 2.40. The van der Waals surface area contributed by atoms with Crippen LogP contribution in [0.4, 0.5) is 0 Å². The predicted octanol–water partition coefficient (Wildman–Crippen LogP) is 4.83. The zero-order valence-corrected chi connectivity index (χ0v) is 20.1. The number of Topliss-reactive ketones (excluding diaryl/α,β-unsaturated/α-hetero) is 1. The van der Waals surface area contributed by atoms with Gasteiger partial charge in [0.05, 0.1) is 11.6 Å². The van der Waals surface area contributed by atoms with Gasteiger partial charge in [0.2, 0.25) is 0 Å². The normalized spacial score (nSPS) is 18.3. The molecule has 1 atom stereocenters. The van der Waals surface area contributed by atoms with Crippen molar-refractivity contribution in [1.29, 1.82) is 0 Å². The zero-order chi connectivity index (χ0) is 22.7. The lowest BCUT2D eigenvalue weighted by molar-refractivity contribution is -0.140. The molecule has 31 heavy (non-hydrogen) atoms. The van der Waals surface area contributed by atoms with Crippen molar-refractivity contribution >= 4 is 33.4 Å². The number of halogens is 1. The molecular weight excluding hydrogens is 456 g/mol. The van der Waals surface area contributed by atoms with Gasteiger partial charge in [-0.25, -0.2) is 0 Å². The fraction of sp³-hybridized carbons (Fsp3) is 0.360. The maximum absolute atomic E-state index is 13.1. The minimum Gasteiger partial charge on any atom is -0.507 e. The van der Waals surface area contributed by atoms with Crippen molar-refractivity contribution in [3.05, 3.63) is 74.8 Å². The third kappa shape index (κ3) is 4.75. The van der Waals surface area contributed by atoms with Crippen LogP contribution in [0.25, 0.3) is 5.76 Å². The first kappa shape index (κ1) is 23.2. The number of hydrogen-bond donors (Lipinski definition) is 1. The molecule has 164 valence electrons. The first-order chi connectivity index (χ1) is 14.8. The van der Waals surface area contributed by atoms with E-state index >= 15 is 0 Å². The van der Waals surface area contributed by atoms with Gasteiger partial charge in [-0.3, -0.25) is 9.59 Å². The summed E-state index contributed by atoms with van der Waals surface area (Å²) in [5.74, 6) is -1.32. The smallest absolute Gasteiger partial charge is 0.295 e. The van der Waals surface area contributed by atoms with E-state index in [-0.39, 0.29) is 11.3 Å². The Balaban J connectivity index is 2.15. The molecule has 1 unspecified atom stereocenters. The van der Waals surface area contributed by atoms with E-state index in [9.17, 15) is 14.7 Å². The van der Waals surface area contributed by atoms with Crippen LogP contribution in [-0.4, -0.2) is 52.8 Å². The van der Waals surface area contributed by atoms with Crippen LogP contribution in [0.15, 0.2) is 52.5 Å². The van der Waals surface area contributed by atoms with Crippen LogP contribution in [0.3, 0.4) is 0 Å². The number of hydrogen-bond acceptors (Lipinski definition) is 4. The zero-order valence-electron chi connectivity index (χ0n) is 18.5. The molecule has 1 N–H and O–H groups in total. The van der Waals surface area contributed by atoms with Crippen LogP contribution in [-0.2, 0) is 9.59 Å². The van der Waals surface area contributed by atoms with E-state index in [2.05, 4.69) is 34.7 Å². The quantitative estimate of drug-likeness (QED) is 0.347. The number of amides is 1. The molecule has 1 heterocycles. The summed E-state index contributed by atoms with van der Waals surface area (Å²) in [6.45, 7) is 10.8. The van der Waals surface area contributed by atoms with E-state index in [4.69, 9.17) is 0 Å². The first-order valence-corrected chi connectivity index (χ1v) is 11.4. The molecular formula is C25H29BrN2O3. The average Bonchev–Trinajstić information content (AvgIpc) is 3.00. The van der Waals surface area contributed by atoms with Crippen LogP contribution in [0.2, 0.25) is 0 Å². The fourth-order valence-corrected chi connectivity index (χ4v) is 4.48. The summed E-state index contributed by atoms with van der Waals surface area (Å²) in [6.07, 6.45) is 0. The van der Waals surface area contributed by atoms with E-state index < -0.39 is 17.7 Å². The van der Waals surface area contributed by atoms with Gasteiger partial charge in [-0.1, -0.05) is 59.6 Å². The Labute approximate surface area is 192 Å². The second kappa shape index (κ2) is 9.79. The molecule has 1 aliphatic heterocycles. The lowest BCUT2D eigenvalue weighted by Crippen LogP contribution is -2.38. The Morgan fingerprint density at radius 3 is 2.45 bits per heavy atom. The average molecular weight is 485 g/mol. The van der Waals surface area contributed by atoms with Crippen molar-refractivity contribution in [2.24, 2.45) is 0 Å². The van der Waals surface area contributed by atoms with Gasteiger partial charge >= 0.3 is 0 Å². The molecule has 3 rings (SSSR count). The number of nitrogens with zero attached hydrogens (tertiary/aromatic N) is 2. The number of rotatable bonds is 7. The molecule has 0 radical (unpaired) electrons. The number of likely N-dealkylation sites (tertiary alicyclic amines) is 1. The molecule has 1 amide bonds. The number of aliphatic hydroxyl groups excluding tert-OH is 1. The summed E-state index contributed by atoms with van der Waals surface area (Å²) in [5.41, 5.74) is 3.35. The SMILES string of the molecule is CCN(CC)CCN1C(=O)C(=O)C(=C(O)c2cc(C)ccc2C)C1c1cccc(Br)c1. The summed E-state index contributed by atoms with van der Waals surface area (Å²) in [6, 6.07) is 12.7. The molecule has 2 aromatic carbocycles. The number of carbonyl (C=O) groups excluding carboxylic acids is 2. The molecule has 1 fully saturated rings. The Kier molecular flexibility index (Phi) is 7.34. The standard InChI is InChI=1S/C25H29BrN2O3/c1-5-27(6-2)12-13-28-22(18-8-7-9-19(26)15-18)21(24(30)25(28)31)23(29)20-14-16(3)10-11-17(20)4/h7-11,14-15,22,29H,5-6,12-13H2,1-4H3. The van der Waals surface area contributed by atoms with Crippen molar-refractivity contribution in [2.45, 2.75) is 33.7 Å². The molecule has 0 bridgehead atoms. The summed E-state index contributed by atoms with van der Waals surface area (Å²) in [4.78, 5) is 30.0. The Hall–Kier alpha value is -2.44. The number of aryl methyl sites for hydroxylation is 2. The van der Waals surface area contributed by atoms with Crippen molar-refractivity contribution in [3.8, 4) is 0 Å². The number of benzene rings is 2. The van der Waals surface area contributed by atoms with Crippen LogP contribution in [0.5, 0.6) is 0 Å². The second-order valence-corrected chi connectivity index (χ2v) is 8.81. The third-order valence-electron chi connectivity index (χ3n) is 5.90. The van der Waals surface area contributed by atoms with Crippen molar-refractivity contribution in [1.82, 2.24) is 9.80 Å².